The summed E-state index contributed by atoms with van der Waals surface area (Å²) in [5.41, 5.74) is 0. The molecule has 2 aliphatic heterocycles. The van der Waals surface area contributed by atoms with Crippen molar-refractivity contribution in [2.45, 2.75) is 70.0 Å². The highest BCUT2D eigenvalue weighted by molar-refractivity contribution is 5.02. The second kappa shape index (κ2) is 4.49. The minimum absolute atomic E-state index is 0.811. The van der Waals surface area contributed by atoms with Gasteiger partial charge in [-0.05, 0) is 63.8 Å². The Bertz CT molecular complexity index is 296. The van der Waals surface area contributed by atoms with Gasteiger partial charge in [-0.25, -0.2) is 0 Å². The van der Waals surface area contributed by atoms with Crippen molar-refractivity contribution in [3.05, 3.63) is 0 Å². The van der Waals surface area contributed by atoms with E-state index in [-0.39, 0.29) is 0 Å². The number of fused-ring (bicyclic) bond motifs is 1. The summed E-state index contributed by atoms with van der Waals surface area (Å²) in [6, 6.07) is 2.68. The molecule has 2 unspecified atom stereocenters. The van der Waals surface area contributed by atoms with Crippen LogP contribution in [0.15, 0.2) is 0 Å². The van der Waals surface area contributed by atoms with Crippen LogP contribution in [0.1, 0.15) is 51.9 Å². The fourth-order valence-corrected chi connectivity index (χ4v) is 4.59. The van der Waals surface area contributed by atoms with Crippen molar-refractivity contribution >= 4 is 0 Å². The van der Waals surface area contributed by atoms with Crippen molar-refractivity contribution < 1.29 is 0 Å². The summed E-state index contributed by atoms with van der Waals surface area (Å²) in [6.07, 6.45) is 10.5. The highest BCUT2D eigenvalue weighted by Gasteiger charge is 2.48. The molecule has 2 nitrogen and oxygen atoms in total. The Kier molecular flexibility index (Phi) is 2.92. The van der Waals surface area contributed by atoms with Crippen molar-refractivity contribution in [2.75, 3.05) is 19.6 Å². The molecular formula is C16H28N2. The van der Waals surface area contributed by atoms with Crippen molar-refractivity contribution in [1.82, 2.24) is 9.80 Å². The molecular weight excluding hydrogens is 220 g/mol. The SMILES string of the molecule is CC1CN2CCCCC2CN1C(C1CC1)C1CC1. The lowest BCUT2D eigenvalue weighted by atomic mass is 9.93. The predicted molar refractivity (Wildman–Crippen MR) is 74.6 cm³/mol. The van der Waals surface area contributed by atoms with E-state index >= 15 is 0 Å². The molecule has 0 radical (unpaired) electrons. The molecule has 4 fully saturated rings. The summed E-state index contributed by atoms with van der Waals surface area (Å²) in [6.45, 7) is 6.60. The van der Waals surface area contributed by atoms with Crippen LogP contribution in [0.3, 0.4) is 0 Å². The number of piperidine rings is 1. The van der Waals surface area contributed by atoms with Gasteiger partial charge in [0.25, 0.3) is 0 Å². The average Bonchev–Trinajstić information content (AvgIpc) is 3.25. The van der Waals surface area contributed by atoms with Gasteiger partial charge in [0.05, 0.1) is 0 Å². The second-order valence-corrected chi connectivity index (χ2v) is 7.36. The van der Waals surface area contributed by atoms with E-state index in [1.165, 1.54) is 64.6 Å². The number of piperazine rings is 1. The fourth-order valence-electron chi connectivity index (χ4n) is 4.59. The number of hydrogen-bond donors (Lipinski definition) is 0. The van der Waals surface area contributed by atoms with E-state index < -0.39 is 0 Å². The fraction of sp³-hybridized carbons (Fsp3) is 1.00. The zero-order chi connectivity index (χ0) is 12.1. The molecule has 18 heavy (non-hydrogen) atoms. The molecule has 2 saturated carbocycles. The summed E-state index contributed by atoms with van der Waals surface area (Å²) in [7, 11) is 0. The zero-order valence-corrected chi connectivity index (χ0v) is 11.9. The monoisotopic (exact) mass is 248 g/mol. The van der Waals surface area contributed by atoms with Crippen LogP contribution in [-0.4, -0.2) is 47.6 Å². The molecule has 4 aliphatic rings. The molecule has 0 aromatic carbocycles. The van der Waals surface area contributed by atoms with Crippen LogP contribution in [0.25, 0.3) is 0 Å². The van der Waals surface area contributed by atoms with E-state index in [0.29, 0.717) is 0 Å². The minimum Gasteiger partial charge on any atom is -0.298 e. The molecule has 0 spiro atoms. The third-order valence-corrected chi connectivity index (χ3v) is 5.83. The van der Waals surface area contributed by atoms with Crippen LogP contribution in [0.5, 0.6) is 0 Å². The Morgan fingerprint density at radius 1 is 0.889 bits per heavy atom. The first-order valence-corrected chi connectivity index (χ1v) is 8.33. The molecule has 0 bridgehead atoms. The highest BCUT2D eigenvalue weighted by Crippen LogP contribution is 2.48. The lowest BCUT2D eigenvalue weighted by Crippen LogP contribution is -2.61. The van der Waals surface area contributed by atoms with E-state index in [0.717, 1.165) is 30.0 Å². The van der Waals surface area contributed by atoms with Gasteiger partial charge in [-0.1, -0.05) is 6.42 Å². The van der Waals surface area contributed by atoms with Crippen molar-refractivity contribution in [3.63, 3.8) is 0 Å². The van der Waals surface area contributed by atoms with Gasteiger partial charge in [0.15, 0.2) is 0 Å². The summed E-state index contributed by atoms with van der Waals surface area (Å²) >= 11 is 0. The van der Waals surface area contributed by atoms with E-state index in [2.05, 4.69) is 16.7 Å². The van der Waals surface area contributed by atoms with Gasteiger partial charge in [-0.2, -0.15) is 0 Å². The Morgan fingerprint density at radius 3 is 2.28 bits per heavy atom. The molecule has 102 valence electrons. The quantitative estimate of drug-likeness (QED) is 0.758. The zero-order valence-electron chi connectivity index (χ0n) is 11.9. The molecule has 0 aromatic heterocycles. The molecule has 0 amide bonds. The van der Waals surface area contributed by atoms with Crippen LogP contribution < -0.4 is 0 Å². The Morgan fingerprint density at radius 2 is 1.61 bits per heavy atom. The maximum absolute atomic E-state index is 2.95. The normalized spacial score (nSPS) is 39.0. The van der Waals surface area contributed by atoms with Crippen LogP contribution in [-0.2, 0) is 0 Å². The molecule has 4 rings (SSSR count). The van der Waals surface area contributed by atoms with Gasteiger partial charge in [0, 0.05) is 31.2 Å². The second-order valence-electron chi connectivity index (χ2n) is 7.36. The Balaban J connectivity index is 1.49. The lowest BCUT2D eigenvalue weighted by molar-refractivity contribution is -0.0183. The van der Waals surface area contributed by atoms with Crippen molar-refractivity contribution in [3.8, 4) is 0 Å². The average molecular weight is 248 g/mol. The third kappa shape index (κ3) is 2.12. The predicted octanol–water partition coefficient (Wildman–Crippen LogP) is 2.73. The molecule has 2 saturated heterocycles. The topological polar surface area (TPSA) is 6.48 Å². The maximum atomic E-state index is 2.95. The summed E-state index contributed by atoms with van der Waals surface area (Å²) in [4.78, 5) is 5.74. The largest absolute Gasteiger partial charge is 0.298 e. The van der Waals surface area contributed by atoms with E-state index in [1.54, 1.807) is 0 Å². The van der Waals surface area contributed by atoms with Crippen LogP contribution >= 0.6 is 0 Å². The van der Waals surface area contributed by atoms with Crippen LogP contribution in [0.4, 0.5) is 0 Å². The van der Waals surface area contributed by atoms with Gasteiger partial charge in [0.1, 0.15) is 0 Å². The van der Waals surface area contributed by atoms with Crippen LogP contribution in [0.2, 0.25) is 0 Å². The molecule has 0 aromatic rings. The first kappa shape index (κ1) is 11.7. The smallest absolute Gasteiger partial charge is 0.0224 e. The Labute approximate surface area is 112 Å². The van der Waals surface area contributed by atoms with Gasteiger partial charge >= 0.3 is 0 Å². The molecule has 0 N–H and O–H groups in total. The molecule has 2 aliphatic carbocycles. The first-order chi connectivity index (χ1) is 8.83. The lowest BCUT2D eigenvalue weighted by Gasteiger charge is -2.50. The maximum Gasteiger partial charge on any atom is 0.0224 e. The summed E-state index contributed by atoms with van der Waals surface area (Å²) in [5, 5.41) is 0. The summed E-state index contributed by atoms with van der Waals surface area (Å²) in [5.74, 6) is 2.16. The van der Waals surface area contributed by atoms with Gasteiger partial charge < -0.3 is 0 Å². The molecule has 2 heterocycles. The number of hydrogen-bond acceptors (Lipinski definition) is 2. The minimum atomic E-state index is 0.811. The van der Waals surface area contributed by atoms with Gasteiger partial charge in [-0.3, -0.25) is 9.80 Å². The van der Waals surface area contributed by atoms with Crippen molar-refractivity contribution in [2.24, 2.45) is 11.8 Å². The Hall–Kier alpha value is -0.0800. The number of nitrogens with zero attached hydrogens (tertiary/aromatic N) is 2. The first-order valence-electron chi connectivity index (χ1n) is 8.33. The van der Waals surface area contributed by atoms with E-state index in [9.17, 15) is 0 Å². The standard InChI is InChI=1S/C16H28N2/c1-12-10-17-9-3-2-4-15(17)11-18(12)16(13-5-6-13)14-7-8-14/h12-16H,2-11H2,1H3. The van der Waals surface area contributed by atoms with Crippen LogP contribution in [0, 0.1) is 11.8 Å². The van der Waals surface area contributed by atoms with E-state index in [4.69, 9.17) is 0 Å². The molecule has 2 heteroatoms. The van der Waals surface area contributed by atoms with E-state index in [1.807, 2.05) is 0 Å². The van der Waals surface area contributed by atoms with Gasteiger partial charge in [-0.15, -0.1) is 0 Å². The number of rotatable bonds is 3. The van der Waals surface area contributed by atoms with Crippen molar-refractivity contribution in [1.29, 1.82) is 0 Å². The molecule has 2 atom stereocenters. The van der Waals surface area contributed by atoms with Gasteiger partial charge in [0.2, 0.25) is 0 Å². The highest BCUT2D eigenvalue weighted by atomic mass is 15.3. The third-order valence-electron chi connectivity index (χ3n) is 5.83. The summed E-state index contributed by atoms with van der Waals surface area (Å²) < 4.78 is 0.